The van der Waals surface area contributed by atoms with Crippen molar-refractivity contribution in [2.45, 2.75) is 45.1 Å². The Morgan fingerprint density at radius 1 is 1.20 bits per heavy atom. The highest BCUT2D eigenvalue weighted by atomic mass is 16.5. The lowest BCUT2D eigenvalue weighted by molar-refractivity contribution is -0.0189. The maximum absolute atomic E-state index is 5.80. The van der Waals surface area contributed by atoms with Crippen LogP contribution in [0.4, 0.5) is 0 Å². The van der Waals surface area contributed by atoms with Gasteiger partial charge in [-0.1, -0.05) is 26.2 Å². The van der Waals surface area contributed by atoms with E-state index in [-0.39, 0.29) is 0 Å². The number of hydrogen-bond donors (Lipinski definition) is 1. The van der Waals surface area contributed by atoms with Crippen molar-refractivity contribution in [2.24, 2.45) is 11.7 Å². The predicted molar refractivity (Wildman–Crippen MR) is 61.9 cm³/mol. The molecule has 1 aliphatic carbocycles. The largest absolute Gasteiger partial charge is 0.378 e. The summed E-state index contributed by atoms with van der Waals surface area (Å²) in [5.74, 6) is 0.883. The first kappa shape index (κ1) is 12.9. The summed E-state index contributed by atoms with van der Waals surface area (Å²) in [6.45, 7) is 4.93. The Morgan fingerprint density at radius 3 is 2.80 bits per heavy atom. The van der Waals surface area contributed by atoms with Gasteiger partial charge in [-0.25, -0.2) is 0 Å². The van der Waals surface area contributed by atoms with E-state index in [0.29, 0.717) is 25.9 Å². The van der Waals surface area contributed by atoms with Crippen LogP contribution in [0.1, 0.15) is 39.0 Å². The molecule has 1 aliphatic rings. The Bertz CT molecular complexity index is 153. The summed E-state index contributed by atoms with van der Waals surface area (Å²) in [4.78, 5) is 0. The van der Waals surface area contributed by atoms with Gasteiger partial charge >= 0.3 is 0 Å². The zero-order valence-corrected chi connectivity index (χ0v) is 9.91. The van der Waals surface area contributed by atoms with Gasteiger partial charge in [-0.05, 0) is 18.8 Å². The van der Waals surface area contributed by atoms with Crippen molar-refractivity contribution in [3.05, 3.63) is 0 Å². The Kier molecular flexibility index (Phi) is 6.98. The Balaban J connectivity index is 2.00. The molecular weight excluding hydrogens is 190 g/mol. The molecular formula is C12H25NO2. The van der Waals surface area contributed by atoms with E-state index in [1.807, 2.05) is 0 Å². The Morgan fingerprint density at radius 2 is 2.07 bits per heavy atom. The van der Waals surface area contributed by atoms with Gasteiger partial charge in [-0.15, -0.1) is 0 Å². The second kappa shape index (κ2) is 8.08. The van der Waals surface area contributed by atoms with Crippen molar-refractivity contribution in [1.82, 2.24) is 0 Å². The summed E-state index contributed by atoms with van der Waals surface area (Å²) in [5, 5.41) is 0. The zero-order chi connectivity index (χ0) is 10.9. The highest BCUT2D eigenvalue weighted by Gasteiger charge is 2.20. The fourth-order valence-corrected chi connectivity index (χ4v) is 2.22. The van der Waals surface area contributed by atoms with Gasteiger partial charge in [-0.2, -0.15) is 0 Å². The summed E-state index contributed by atoms with van der Waals surface area (Å²) in [5.41, 5.74) is 5.32. The van der Waals surface area contributed by atoms with Crippen molar-refractivity contribution in [3.8, 4) is 0 Å². The predicted octanol–water partition coefficient (Wildman–Crippen LogP) is 1.95. The van der Waals surface area contributed by atoms with E-state index in [0.717, 1.165) is 12.5 Å². The zero-order valence-electron chi connectivity index (χ0n) is 9.91. The van der Waals surface area contributed by atoms with Gasteiger partial charge in [0.1, 0.15) is 0 Å². The molecule has 0 bridgehead atoms. The molecule has 15 heavy (non-hydrogen) atoms. The van der Waals surface area contributed by atoms with E-state index in [4.69, 9.17) is 15.2 Å². The van der Waals surface area contributed by atoms with E-state index in [1.165, 1.54) is 32.1 Å². The molecule has 0 aliphatic heterocycles. The number of rotatable bonds is 7. The van der Waals surface area contributed by atoms with Crippen LogP contribution in [0.5, 0.6) is 0 Å². The van der Waals surface area contributed by atoms with Crippen molar-refractivity contribution >= 4 is 0 Å². The van der Waals surface area contributed by atoms with Crippen LogP contribution in [0.25, 0.3) is 0 Å². The average molecular weight is 215 g/mol. The van der Waals surface area contributed by atoms with Gasteiger partial charge < -0.3 is 15.2 Å². The highest BCUT2D eigenvalue weighted by Crippen LogP contribution is 2.28. The van der Waals surface area contributed by atoms with Gasteiger partial charge in [0.2, 0.25) is 0 Å². The Hall–Kier alpha value is -0.120. The molecule has 0 amide bonds. The summed E-state index contributed by atoms with van der Waals surface area (Å²) >= 11 is 0. The third-order valence-electron chi connectivity index (χ3n) is 3.16. The maximum atomic E-state index is 5.80. The van der Waals surface area contributed by atoms with Crippen molar-refractivity contribution in [3.63, 3.8) is 0 Å². The molecule has 2 N–H and O–H groups in total. The lowest BCUT2D eigenvalue weighted by Gasteiger charge is -2.28. The molecule has 0 aromatic heterocycles. The van der Waals surface area contributed by atoms with Crippen LogP contribution in [0.2, 0.25) is 0 Å². The average Bonchev–Trinajstić information content (AvgIpc) is 2.29. The summed E-state index contributed by atoms with van der Waals surface area (Å²) in [6.07, 6.45) is 6.96. The second-order valence-corrected chi connectivity index (χ2v) is 4.33. The van der Waals surface area contributed by atoms with Crippen molar-refractivity contribution < 1.29 is 9.47 Å². The van der Waals surface area contributed by atoms with Crippen LogP contribution in [-0.4, -0.2) is 32.5 Å². The molecule has 1 saturated carbocycles. The normalized spacial score (nSPS) is 26.8. The summed E-state index contributed by atoms with van der Waals surface area (Å²) in [6, 6.07) is 0. The minimum atomic E-state index is 0.477. The Labute approximate surface area is 93.3 Å². The highest BCUT2D eigenvalue weighted by molar-refractivity contribution is 4.72. The van der Waals surface area contributed by atoms with E-state index in [1.54, 1.807) is 0 Å². The minimum Gasteiger partial charge on any atom is -0.378 e. The van der Waals surface area contributed by atoms with Gasteiger partial charge in [-0.3, -0.25) is 0 Å². The van der Waals surface area contributed by atoms with Crippen LogP contribution >= 0.6 is 0 Å². The van der Waals surface area contributed by atoms with Gasteiger partial charge in [0.05, 0.1) is 25.9 Å². The molecule has 3 nitrogen and oxygen atoms in total. The van der Waals surface area contributed by atoms with Crippen LogP contribution in [-0.2, 0) is 9.47 Å². The first-order chi connectivity index (χ1) is 7.36. The van der Waals surface area contributed by atoms with Gasteiger partial charge in [0, 0.05) is 6.54 Å². The molecule has 2 unspecified atom stereocenters. The molecule has 0 spiro atoms. The van der Waals surface area contributed by atoms with Crippen molar-refractivity contribution in [2.75, 3.05) is 26.4 Å². The molecule has 0 heterocycles. The maximum Gasteiger partial charge on any atom is 0.0704 e. The van der Waals surface area contributed by atoms with Crippen molar-refractivity contribution in [1.29, 1.82) is 0 Å². The van der Waals surface area contributed by atoms with E-state index in [9.17, 15) is 0 Å². The molecule has 1 fully saturated rings. The number of nitrogens with two attached hydrogens (primary N) is 1. The van der Waals surface area contributed by atoms with Gasteiger partial charge in [0.15, 0.2) is 0 Å². The topological polar surface area (TPSA) is 44.5 Å². The van der Waals surface area contributed by atoms with Crippen LogP contribution < -0.4 is 5.73 Å². The quantitative estimate of drug-likeness (QED) is 0.660. The van der Waals surface area contributed by atoms with Crippen LogP contribution in [0, 0.1) is 5.92 Å². The number of ether oxygens (including phenoxy) is 2. The number of hydrogen-bond acceptors (Lipinski definition) is 3. The monoisotopic (exact) mass is 215 g/mol. The van der Waals surface area contributed by atoms with Crippen LogP contribution in [0.3, 0.4) is 0 Å². The van der Waals surface area contributed by atoms with E-state index < -0.39 is 0 Å². The molecule has 0 radical (unpaired) electrons. The van der Waals surface area contributed by atoms with Crippen LogP contribution in [0.15, 0.2) is 0 Å². The lowest BCUT2D eigenvalue weighted by atomic mass is 9.85. The molecule has 1 rings (SSSR count). The molecule has 2 atom stereocenters. The first-order valence-electron chi connectivity index (χ1n) is 6.26. The molecule has 3 heteroatoms. The summed E-state index contributed by atoms with van der Waals surface area (Å²) < 4.78 is 11.1. The third-order valence-corrected chi connectivity index (χ3v) is 3.16. The smallest absolute Gasteiger partial charge is 0.0704 e. The standard InChI is InChI=1S/C12H25NO2/c1-2-11-4-3-5-12(10-11)15-9-8-14-7-6-13/h11-12H,2-10,13H2,1H3. The fourth-order valence-electron chi connectivity index (χ4n) is 2.22. The van der Waals surface area contributed by atoms with Gasteiger partial charge in [0.25, 0.3) is 0 Å². The third kappa shape index (κ3) is 5.50. The SMILES string of the molecule is CCC1CCCC(OCCOCCN)C1. The molecule has 0 aromatic carbocycles. The van der Waals surface area contributed by atoms with E-state index >= 15 is 0 Å². The fraction of sp³-hybridized carbons (Fsp3) is 1.00. The minimum absolute atomic E-state index is 0.477. The first-order valence-corrected chi connectivity index (χ1v) is 6.26. The summed E-state index contributed by atoms with van der Waals surface area (Å²) in [7, 11) is 0. The second-order valence-electron chi connectivity index (χ2n) is 4.33. The molecule has 0 aromatic rings. The molecule has 90 valence electrons. The van der Waals surface area contributed by atoms with E-state index in [2.05, 4.69) is 6.92 Å². The molecule has 0 saturated heterocycles. The lowest BCUT2D eigenvalue weighted by Crippen LogP contribution is -2.24.